The first kappa shape index (κ1) is 17.1. The number of benzene rings is 1. The lowest BCUT2D eigenvalue weighted by Gasteiger charge is -2.05. The summed E-state index contributed by atoms with van der Waals surface area (Å²) in [4.78, 5) is 12.7. The van der Waals surface area contributed by atoms with E-state index >= 15 is 0 Å². The summed E-state index contributed by atoms with van der Waals surface area (Å²) >= 11 is 3.18. The van der Waals surface area contributed by atoms with Crippen LogP contribution in [-0.2, 0) is 11.3 Å². The van der Waals surface area contributed by atoms with Crippen LogP contribution in [0.4, 0.5) is 4.39 Å². The summed E-state index contributed by atoms with van der Waals surface area (Å²) in [6, 6.07) is 6.44. The van der Waals surface area contributed by atoms with Gasteiger partial charge in [-0.1, -0.05) is 11.8 Å². The van der Waals surface area contributed by atoms with Gasteiger partial charge in [0.1, 0.15) is 5.82 Å². The van der Waals surface area contributed by atoms with E-state index in [0.717, 1.165) is 22.8 Å². The lowest BCUT2D eigenvalue weighted by Crippen LogP contribution is -2.18. The Bertz CT molecular complexity index is 628. The highest BCUT2D eigenvalue weighted by Crippen LogP contribution is 2.21. The molecule has 1 aromatic heterocycles. The second-order valence-corrected chi connectivity index (χ2v) is 6.69. The maximum Gasteiger partial charge on any atom is 0.343 e. The van der Waals surface area contributed by atoms with Gasteiger partial charge < -0.3 is 4.74 Å². The van der Waals surface area contributed by atoms with Crippen molar-refractivity contribution < 1.29 is 9.13 Å². The number of rotatable bonds is 9. The van der Waals surface area contributed by atoms with Crippen LogP contribution in [0.1, 0.15) is 6.42 Å². The molecule has 1 aromatic carbocycles. The van der Waals surface area contributed by atoms with E-state index < -0.39 is 0 Å². The minimum Gasteiger partial charge on any atom is -0.385 e. The van der Waals surface area contributed by atoms with Crippen LogP contribution in [0.25, 0.3) is 0 Å². The first-order chi connectivity index (χ1) is 10.7. The van der Waals surface area contributed by atoms with E-state index in [1.807, 2.05) is 0 Å². The van der Waals surface area contributed by atoms with E-state index in [2.05, 4.69) is 10.2 Å². The summed E-state index contributed by atoms with van der Waals surface area (Å²) in [5.74, 6) is 1.45. The van der Waals surface area contributed by atoms with Crippen molar-refractivity contribution in [3.63, 3.8) is 0 Å². The minimum atomic E-state index is -0.227. The van der Waals surface area contributed by atoms with Gasteiger partial charge in [0.25, 0.3) is 0 Å². The molecule has 120 valence electrons. The Morgan fingerprint density at radius 1 is 1.27 bits per heavy atom. The molecule has 5 nitrogen and oxygen atoms in total. The van der Waals surface area contributed by atoms with Crippen molar-refractivity contribution >= 4 is 23.5 Å². The Hall–Kier alpha value is -1.25. The monoisotopic (exact) mass is 343 g/mol. The smallest absolute Gasteiger partial charge is 0.343 e. The Labute approximate surface area is 136 Å². The number of ether oxygens (including phenoxy) is 1. The second kappa shape index (κ2) is 9.02. The van der Waals surface area contributed by atoms with Crippen LogP contribution < -0.4 is 5.69 Å². The lowest BCUT2D eigenvalue weighted by molar-refractivity contribution is 0.189. The molecule has 2 aromatic rings. The molecule has 0 bridgehead atoms. The number of aromatic amines is 1. The quantitative estimate of drug-likeness (QED) is 0.560. The number of H-pyrrole nitrogens is 1. The zero-order valence-electron chi connectivity index (χ0n) is 12.3. The van der Waals surface area contributed by atoms with Crippen LogP contribution >= 0.6 is 23.5 Å². The van der Waals surface area contributed by atoms with E-state index in [0.29, 0.717) is 18.3 Å². The van der Waals surface area contributed by atoms with Crippen molar-refractivity contribution in [1.82, 2.24) is 14.8 Å². The molecule has 1 N–H and O–H groups in total. The van der Waals surface area contributed by atoms with Gasteiger partial charge in [-0.2, -0.15) is 0 Å². The van der Waals surface area contributed by atoms with Crippen LogP contribution in [0.15, 0.2) is 39.1 Å². The number of aromatic nitrogens is 3. The largest absolute Gasteiger partial charge is 0.385 e. The topological polar surface area (TPSA) is 59.9 Å². The summed E-state index contributed by atoms with van der Waals surface area (Å²) in [7, 11) is 1.64. The van der Waals surface area contributed by atoms with Gasteiger partial charge in [0.15, 0.2) is 5.16 Å². The molecule has 0 amide bonds. The van der Waals surface area contributed by atoms with Gasteiger partial charge in [-0.05, 0) is 30.7 Å². The predicted octanol–water partition coefficient (Wildman–Crippen LogP) is 2.63. The Balaban J connectivity index is 1.79. The zero-order chi connectivity index (χ0) is 15.8. The third kappa shape index (κ3) is 5.19. The maximum atomic E-state index is 12.8. The molecule has 0 radical (unpaired) electrons. The molecular formula is C14H18FN3O2S2. The number of hydrogen-bond donors (Lipinski definition) is 1. The number of thioether (sulfide) groups is 2. The van der Waals surface area contributed by atoms with Gasteiger partial charge >= 0.3 is 5.69 Å². The third-order valence-electron chi connectivity index (χ3n) is 2.85. The van der Waals surface area contributed by atoms with Gasteiger partial charge in [0.05, 0.1) is 0 Å². The Morgan fingerprint density at radius 2 is 2.00 bits per heavy atom. The van der Waals surface area contributed by atoms with Crippen molar-refractivity contribution in [2.75, 3.05) is 25.2 Å². The van der Waals surface area contributed by atoms with Gasteiger partial charge in [-0.15, -0.1) is 16.9 Å². The second-order valence-electron chi connectivity index (χ2n) is 4.46. The molecule has 0 unspecified atom stereocenters. The van der Waals surface area contributed by atoms with Gasteiger partial charge in [-0.3, -0.25) is 4.57 Å². The highest BCUT2D eigenvalue weighted by atomic mass is 32.2. The maximum absolute atomic E-state index is 12.8. The summed E-state index contributed by atoms with van der Waals surface area (Å²) < 4.78 is 19.4. The van der Waals surface area contributed by atoms with E-state index in [1.54, 1.807) is 35.6 Å². The fourth-order valence-electron chi connectivity index (χ4n) is 1.80. The molecular weight excluding hydrogens is 325 g/mol. The normalized spacial score (nSPS) is 11.0. The summed E-state index contributed by atoms with van der Waals surface area (Å²) in [5, 5.41) is 7.21. The predicted molar refractivity (Wildman–Crippen MR) is 87.2 cm³/mol. The van der Waals surface area contributed by atoms with E-state index in [9.17, 15) is 9.18 Å². The summed E-state index contributed by atoms with van der Waals surface area (Å²) in [6.07, 6.45) is 0.772. The highest BCUT2D eigenvalue weighted by Gasteiger charge is 2.08. The van der Waals surface area contributed by atoms with Crippen LogP contribution in [0.2, 0.25) is 0 Å². The summed E-state index contributed by atoms with van der Waals surface area (Å²) in [6.45, 7) is 1.21. The SMILES string of the molecule is COCCCn1c(SCCSc2ccc(F)cc2)n[nH]c1=O. The van der Waals surface area contributed by atoms with E-state index in [4.69, 9.17) is 4.74 Å². The standard InChI is InChI=1S/C14H18FN3O2S2/c1-20-8-2-7-18-13(19)16-17-14(18)22-10-9-21-12-5-3-11(15)4-6-12/h3-6H,2,7-10H2,1H3,(H,16,19). The van der Waals surface area contributed by atoms with Crippen molar-refractivity contribution in [3.05, 3.63) is 40.6 Å². The minimum absolute atomic E-state index is 0.190. The third-order valence-corrected chi connectivity index (χ3v) is 5.10. The molecule has 0 atom stereocenters. The van der Waals surface area contributed by atoms with Crippen molar-refractivity contribution in [2.24, 2.45) is 0 Å². The average molecular weight is 343 g/mol. The van der Waals surface area contributed by atoms with Crippen molar-refractivity contribution in [1.29, 1.82) is 0 Å². The molecule has 0 aliphatic rings. The first-order valence-electron chi connectivity index (χ1n) is 6.86. The molecule has 1 heterocycles. The van der Waals surface area contributed by atoms with E-state index in [1.165, 1.54) is 23.9 Å². The van der Waals surface area contributed by atoms with Gasteiger partial charge in [0, 0.05) is 36.7 Å². The summed E-state index contributed by atoms with van der Waals surface area (Å²) in [5.41, 5.74) is -0.190. The van der Waals surface area contributed by atoms with Crippen LogP contribution in [0, 0.1) is 5.82 Å². The molecule has 0 aliphatic carbocycles. The number of halogens is 1. The number of hydrogen-bond acceptors (Lipinski definition) is 5. The Morgan fingerprint density at radius 3 is 2.73 bits per heavy atom. The average Bonchev–Trinajstić information content (AvgIpc) is 2.87. The van der Waals surface area contributed by atoms with Gasteiger partial charge in [0.2, 0.25) is 0 Å². The molecule has 0 aliphatic heterocycles. The fourth-order valence-corrected chi connectivity index (χ4v) is 3.65. The molecule has 0 spiro atoms. The van der Waals surface area contributed by atoms with Gasteiger partial charge in [-0.25, -0.2) is 14.3 Å². The lowest BCUT2D eigenvalue weighted by atomic mass is 10.4. The van der Waals surface area contributed by atoms with Crippen molar-refractivity contribution in [3.8, 4) is 0 Å². The molecule has 0 saturated carbocycles. The Kier molecular flexibility index (Phi) is 7.01. The van der Waals surface area contributed by atoms with Crippen LogP contribution in [0.5, 0.6) is 0 Å². The number of nitrogens with one attached hydrogen (secondary N) is 1. The fraction of sp³-hybridized carbons (Fsp3) is 0.429. The van der Waals surface area contributed by atoms with E-state index in [-0.39, 0.29) is 11.5 Å². The molecule has 0 saturated heterocycles. The highest BCUT2D eigenvalue weighted by molar-refractivity contribution is 8.02. The first-order valence-corrected chi connectivity index (χ1v) is 8.83. The van der Waals surface area contributed by atoms with Crippen LogP contribution in [-0.4, -0.2) is 40.0 Å². The van der Waals surface area contributed by atoms with Crippen molar-refractivity contribution in [2.45, 2.75) is 23.0 Å². The number of methoxy groups -OCH3 is 1. The molecule has 2 rings (SSSR count). The molecule has 0 fully saturated rings. The molecule has 8 heteroatoms. The zero-order valence-corrected chi connectivity index (χ0v) is 13.9. The number of nitrogens with zero attached hydrogens (tertiary/aromatic N) is 2. The molecule has 22 heavy (non-hydrogen) atoms. The van der Waals surface area contributed by atoms with Crippen LogP contribution in [0.3, 0.4) is 0 Å².